The van der Waals surface area contributed by atoms with Crippen LogP contribution in [-0.4, -0.2) is 39.8 Å². The number of furan rings is 1. The van der Waals surface area contributed by atoms with Crippen molar-refractivity contribution in [3.8, 4) is 0 Å². The molecule has 152 valence electrons. The minimum Gasteiger partial charge on any atom is -0.469 e. The quantitative estimate of drug-likeness (QED) is 0.615. The van der Waals surface area contributed by atoms with Crippen LogP contribution in [0.1, 0.15) is 35.3 Å². The van der Waals surface area contributed by atoms with E-state index >= 15 is 0 Å². The van der Waals surface area contributed by atoms with Gasteiger partial charge in [0.25, 0.3) is 11.5 Å². The highest BCUT2D eigenvalue weighted by molar-refractivity contribution is 6.31. The summed E-state index contributed by atoms with van der Waals surface area (Å²) in [5.74, 6) is 0.170. The van der Waals surface area contributed by atoms with Crippen LogP contribution in [0.25, 0.3) is 10.9 Å². The fourth-order valence-corrected chi connectivity index (χ4v) is 3.13. The molecule has 0 unspecified atom stereocenters. The van der Waals surface area contributed by atoms with E-state index in [1.807, 2.05) is 6.92 Å². The smallest absolute Gasteiger partial charge is 0.258 e. The van der Waals surface area contributed by atoms with Crippen LogP contribution in [-0.2, 0) is 11.3 Å². The summed E-state index contributed by atoms with van der Waals surface area (Å²) in [5.41, 5.74) is 0.551. The number of nitrogens with one attached hydrogen (secondary N) is 2. The SMILES string of the molecule is CCCN(Cc1nc2cc(Cl)ccc2c(=O)[nH]1)C(=O)CNC(=O)c1ccoc1C. The molecule has 0 radical (unpaired) electrons. The van der Waals surface area contributed by atoms with E-state index in [0.717, 1.165) is 0 Å². The number of fused-ring (bicyclic) bond motifs is 1. The zero-order valence-electron chi connectivity index (χ0n) is 16.1. The Hall–Kier alpha value is -3.13. The molecular formula is C20H21ClN4O4. The molecule has 2 aromatic heterocycles. The van der Waals surface area contributed by atoms with E-state index < -0.39 is 0 Å². The third-order valence-electron chi connectivity index (χ3n) is 4.41. The van der Waals surface area contributed by atoms with E-state index in [9.17, 15) is 14.4 Å². The summed E-state index contributed by atoms with van der Waals surface area (Å²) >= 11 is 5.99. The first kappa shape index (κ1) is 20.6. The lowest BCUT2D eigenvalue weighted by atomic mass is 10.2. The van der Waals surface area contributed by atoms with Crippen LogP contribution in [0, 0.1) is 6.92 Å². The normalized spacial score (nSPS) is 10.9. The first-order valence-corrected chi connectivity index (χ1v) is 9.55. The molecule has 3 aromatic rings. The van der Waals surface area contributed by atoms with E-state index in [2.05, 4.69) is 15.3 Å². The zero-order valence-corrected chi connectivity index (χ0v) is 16.9. The zero-order chi connectivity index (χ0) is 21.0. The van der Waals surface area contributed by atoms with Crippen LogP contribution in [0.15, 0.2) is 39.7 Å². The van der Waals surface area contributed by atoms with Gasteiger partial charge in [-0.25, -0.2) is 4.98 Å². The average Bonchev–Trinajstić information content (AvgIpc) is 3.11. The van der Waals surface area contributed by atoms with E-state index in [4.69, 9.17) is 16.0 Å². The Bertz CT molecular complexity index is 1110. The van der Waals surface area contributed by atoms with Gasteiger partial charge in [0.15, 0.2) is 0 Å². The summed E-state index contributed by atoms with van der Waals surface area (Å²) < 4.78 is 5.10. The molecule has 8 nitrogen and oxygen atoms in total. The van der Waals surface area contributed by atoms with Gasteiger partial charge < -0.3 is 19.6 Å². The highest BCUT2D eigenvalue weighted by Gasteiger charge is 2.18. The maximum atomic E-state index is 12.6. The van der Waals surface area contributed by atoms with Gasteiger partial charge in [0.05, 0.1) is 35.8 Å². The molecule has 0 bridgehead atoms. The van der Waals surface area contributed by atoms with E-state index in [1.165, 1.54) is 11.2 Å². The Kier molecular flexibility index (Phi) is 6.33. The van der Waals surface area contributed by atoms with Crippen LogP contribution < -0.4 is 10.9 Å². The van der Waals surface area contributed by atoms with Crippen molar-refractivity contribution < 1.29 is 14.0 Å². The molecule has 0 aliphatic heterocycles. The second kappa shape index (κ2) is 8.91. The van der Waals surface area contributed by atoms with Crippen molar-refractivity contribution in [1.29, 1.82) is 0 Å². The minimum atomic E-state index is -0.382. The number of hydrogen-bond acceptors (Lipinski definition) is 5. The Labute approximate surface area is 171 Å². The third kappa shape index (κ3) is 4.83. The fraction of sp³-hybridized carbons (Fsp3) is 0.300. The van der Waals surface area contributed by atoms with Gasteiger partial charge in [-0.05, 0) is 37.6 Å². The van der Waals surface area contributed by atoms with Gasteiger partial charge in [0.1, 0.15) is 11.6 Å². The summed E-state index contributed by atoms with van der Waals surface area (Å²) in [5, 5.41) is 3.50. The Morgan fingerprint density at radius 3 is 2.79 bits per heavy atom. The Morgan fingerprint density at radius 1 is 1.31 bits per heavy atom. The molecule has 29 heavy (non-hydrogen) atoms. The van der Waals surface area contributed by atoms with Gasteiger partial charge in [0.2, 0.25) is 5.91 Å². The summed E-state index contributed by atoms with van der Waals surface area (Å²) in [7, 11) is 0. The molecule has 0 saturated carbocycles. The number of benzene rings is 1. The summed E-state index contributed by atoms with van der Waals surface area (Å²) in [6, 6.07) is 6.39. The van der Waals surface area contributed by atoms with Crippen LogP contribution in [0.2, 0.25) is 5.02 Å². The minimum absolute atomic E-state index is 0.116. The summed E-state index contributed by atoms with van der Waals surface area (Å²) in [4.78, 5) is 45.8. The van der Waals surface area contributed by atoms with Crippen LogP contribution in [0.3, 0.4) is 0 Å². The predicted molar refractivity (Wildman–Crippen MR) is 109 cm³/mol. The molecule has 0 aliphatic carbocycles. The molecule has 2 heterocycles. The van der Waals surface area contributed by atoms with Crippen LogP contribution >= 0.6 is 11.6 Å². The number of aromatic amines is 1. The Morgan fingerprint density at radius 2 is 2.10 bits per heavy atom. The largest absolute Gasteiger partial charge is 0.469 e. The lowest BCUT2D eigenvalue weighted by Gasteiger charge is -2.22. The lowest BCUT2D eigenvalue weighted by Crippen LogP contribution is -2.40. The molecule has 2 N–H and O–H groups in total. The first-order valence-electron chi connectivity index (χ1n) is 9.17. The molecule has 0 aliphatic rings. The maximum absolute atomic E-state index is 12.6. The van der Waals surface area contributed by atoms with Crippen molar-refractivity contribution in [2.45, 2.75) is 26.8 Å². The van der Waals surface area contributed by atoms with Gasteiger partial charge >= 0.3 is 0 Å². The van der Waals surface area contributed by atoms with Crippen molar-refractivity contribution in [1.82, 2.24) is 20.2 Å². The number of aromatic nitrogens is 2. The van der Waals surface area contributed by atoms with Crippen molar-refractivity contribution >= 4 is 34.3 Å². The lowest BCUT2D eigenvalue weighted by molar-refractivity contribution is -0.130. The summed E-state index contributed by atoms with van der Waals surface area (Å²) in [6.45, 7) is 4.01. The van der Waals surface area contributed by atoms with Gasteiger partial charge in [0, 0.05) is 11.6 Å². The van der Waals surface area contributed by atoms with Crippen LogP contribution in [0.4, 0.5) is 0 Å². The predicted octanol–water partition coefficient (Wildman–Crippen LogP) is 2.65. The molecule has 2 amide bonds. The first-order chi connectivity index (χ1) is 13.9. The topological polar surface area (TPSA) is 108 Å². The van der Waals surface area contributed by atoms with Gasteiger partial charge in [-0.15, -0.1) is 0 Å². The monoisotopic (exact) mass is 416 g/mol. The Balaban J connectivity index is 1.73. The molecule has 0 spiro atoms. The number of aryl methyl sites for hydroxylation is 1. The summed E-state index contributed by atoms with van der Waals surface area (Å²) in [6.07, 6.45) is 2.13. The fourth-order valence-electron chi connectivity index (χ4n) is 2.96. The number of hydrogen-bond donors (Lipinski definition) is 2. The number of amides is 2. The van der Waals surface area contributed by atoms with E-state index in [-0.39, 0.29) is 30.5 Å². The second-order valence-corrected chi connectivity index (χ2v) is 7.00. The van der Waals surface area contributed by atoms with Gasteiger partial charge in [-0.1, -0.05) is 18.5 Å². The molecule has 1 aromatic carbocycles. The third-order valence-corrected chi connectivity index (χ3v) is 4.64. The molecule has 9 heteroatoms. The maximum Gasteiger partial charge on any atom is 0.258 e. The van der Waals surface area contributed by atoms with Crippen molar-refractivity contribution in [2.24, 2.45) is 0 Å². The highest BCUT2D eigenvalue weighted by atomic mass is 35.5. The van der Waals surface area contributed by atoms with Gasteiger partial charge in [-0.2, -0.15) is 0 Å². The second-order valence-electron chi connectivity index (χ2n) is 6.56. The number of rotatable bonds is 7. The molecule has 0 atom stereocenters. The number of H-pyrrole nitrogens is 1. The molecule has 0 saturated heterocycles. The number of halogens is 1. The number of nitrogens with zero attached hydrogens (tertiary/aromatic N) is 2. The number of carbonyl (C=O) groups is 2. The van der Waals surface area contributed by atoms with Gasteiger partial charge in [-0.3, -0.25) is 14.4 Å². The standard InChI is InChI=1S/C20H21ClN4O4/c1-3-7-25(18(26)10-22-19(27)14-6-8-29-12(14)2)11-17-23-16-9-13(21)4-5-15(16)20(28)24-17/h4-6,8-9H,3,7,10-11H2,1-2H3,(H,22,27)(H,23,24,28). The molecule has 0 fully saturated rings. The van der Waals surface area contributed by atoms with Crippen molar-refractivity contribution in [3.05, 3.63) is 63.1 Å². The molecular weight excluding hydrogens is 396 g/mol. The highest BCUT2D eigenvalue weighted by Crippen LogP contribution is 2.15. The number of carbonyl (C=O) groups excluding carboxylic acids is 2. The van der Waals surface area contributed by atoms with Crippen LogP contribution in [0.5, 0.6) is 0 Å². The van der Waals surface area contributed by atoms with Crippen molar-refractivity contribution in [3.63, 3.8) is 0 Å². The average molecular weight is 417 g/mol. The van der Waals surface area contributed by atoms with Crippen molar-refractivity contribution in [2.75, 3.05) is 13.1 Å². The van der Waals surface area contributed by atoms with E-state index in [0.29, 0.717) is 46.0 Å². The van der Waals surface area contributed by atoms with E-state index in [1.54, 1.807) is 31.2 Å². The molecule has 3 rings (SSSR count).